The molecule has 0 spiro atoms. The molecule has 1 aromatic carbocycles. The van der Waals surface area contributed by atoms with E-state index < -0.39 is 15.8 Å². The van der Waals surface area contributed by atoms with Crippen molar-refractivity contribution in [3.8, 4) is 17.2 Å². The van der Waals surface area contributed by atoms with Crippen LogP contribution in [0.3, 0.4) is 0 Å². The van der Waals surface area contributed by atoms with Gasteiger partial charge in [0.25, 0.3) is 0 Å². The molecule has 152 valence electrons. The van der Waals surface area contributed by atoms with Gasteiger partial charge in [0.1, 0.15) is 23.4 Å². The molecule has 28 heavy (non-hydrogen) atoms. The molecule has 0 aliphatic heterocycles. The quantitative estimate of drug-likeness (QED) is 0.583. The third-order valence-electron chi connectivity index (χ3n) is 3.74. The van der Waals surface area contributed by atoms with E-state index in [1.807, 2.05) is 6.92 Å². The minimum absolute atomic E-state index is 0.0578. The van der Waals surface area contributed by atoms with Crippen LogP contribution in [0.1, 0.15) is 23.7 Å². The maximum Gasteiger partial charge on any atom is 0.338 e. The number of sulfone groups is 1. The van der Waals surface area contributed by atoms with Crippen LogP contribution in [-0.2, 0) is 19.3 Å². The van der Waals surface area contributed by atoms with Crippen LogP contribution in [0.15, 0.2) is 41.6 Å². The minimum atomic E-state index is -3.40. The first-order chi connectivity index (χ1) is 13.3. The third kappa shape index (κ3) is 5.93. The highest BCUT2D eigenvalue weighted by Crippen LogP contribution is 2.29. The SMILES string of the molecule is CC[C@@H](COC)Oc1cc(Oc2ccc(S(C)(=O)=O)nc2)cc(C(=O)OC)c1. The van der Waals surface area contributed by atoms with E-state index in [-0.39, 0.29) is 16.7 Å². The Balaban J connectivity index is 2.31. The second-order valence-electron chi connectivity index (χ2n) is 5.99. The van der Waals surface area contributed by atoms with Crippen LogP contribution < -0.4 is 9.47 Å². The molecule has 9 heteroatoms. The van der Waals surface area contributed by atoms with Crippen molar-refractivity contribution in [2.75, 3.05) is 27.1 Å². The van der Waals surface area contributed by atoms with E-state index in [4.69, 9.17) is 18.9 Å². The molecule has 0 N–H and O–H groups in total. The molecule has 1 aromatic heterocycles. The van der Waals surface area contributed by atoms with E-state index in [9.17, 15) is 13.2 Å². The first-order valence-electron chi connectivity index (χ1n) is 8.49. The molecule has 0 amide bonds. The summed E-state index contributed by atoms with van der Waals surface area (Å²) in [5.41, 5.74) is 0.253. The van der Waals surface area contributed by atoms with Gasteiger partial charge < -0.3 is 18.9 Å². The van der Waals surface area contributed by atoms with Crippen LogP contribution in [0.2, 0.25) is 0 Å². The molecule has 1 heterocycles. The molecule has 0 saturated carbocycles. The summed E-state index contributed by atoms with van der Waals surface area (Å²) in [4.78, 5) is 15.8. The predicted molar refractivity (Wildman–Crippen MR) is 102 cm³/mol. The van der Waals surface area contributed by atoms with E-state index in [1.54, 1.807) is 19.2 Å². The number of aromatic nitrogens is 1. The zero-order chi connectivity index (χ0) is 20.7. The van der Waals surface area contributed by atoms with Crippen molar-refractivity contribution in [2.24, 2.45) is 0 Å². The molecule has 0 fully saturated rings. The Hall–Kier alpha value is -2.65. The fraction of sp³-hybridized carbons (Fsp3) is 0.368. The lowest BCUT2D eigenvalue weighted by atomic mass is 10.2. The first kappa shape index (κ1) is 21.6. The molecule has 0 unspecified atom stereocenters. The largest absolute Gasteiger partial charge is 0.488 e. The Morgan fingerprint density at radius 2 is 1.82 bits per heavy atom. The lowest BCUT2D eigenvalue weighted by Gasteiger charge is -2.18. The van der Waals surface area contributed by atoms with Crippen LogP contribution in [0.4, 0.5) is 0 Å². The molecule has 1 atom stereocenters. The van der Waals surface area contributed by atoms with E-state index in [0.29, 0.717) is 30.3 Å². The van der Waals surface area contributed by atoms with Crippen molar-refractivity contribution < 1.29 is 32.2 Å². The Morgan fingerprint density at radius 3 is 2.36 bits per heavy atom. The van der Waals surface area contributed by atoms with Crippen molar-refractivity contribution in [3.05, 3.63) is 42.1 Å². The molecule has 8 nitrogen and oxygen atoms in total. The maximum absolute atomic E-state index is 12.0. The monoisotopic (exact) mass is 409 g/mol. The number of carbonyl (C=O) groups is 1. The number of hydrogen-bond donors (Lipinski definition) is 0. The van der Waals surface area contributed by atoms with Crippen LogP contribution in [-0.4, -0.2) is 52.6 Å². The van der Waals surface area contributed by atoms with Gasteiger partial charge in [-0.1, -0.05) is 6.92 Å². The molecule has 0 saturated heterocycles. The molecule has 2 aromatic rings. The number of pyridine rings is 1. The van der Waals surface area contributed by atoms with Gasteiger partial charge in [0.15, 0.2) is 14.9 Å². The summed E-state index contributed by atoms with van der Waals surface area (Å²) in [7, 11) is -0.538. The van der Waals surface area contributed by atoms with Gasteiger partial charge in [-0.3, -0.25) is 0 Å². The number of rotatable bonds is 9. The minimum Gasteiger partial charge on any atom is -0.488 e. The van der Waals surface area contributed by atoms with Crippen molar-refractivity contribution >= 4 is 15.8 Å². The Bertz CT molecular complexity index is 910. The zero-order valence-electron chi connectivity index (χ0n) is 16.2. The Morgan fingerprint density at radius 1 is 1.11 bits per heavy atom. The Labute approximate surface area is 164 Å². The summed E-state index contributed by atoms with van der Waals surface area (Å²) in [5.74, 6) is 0.506. The van der Waals surface area contributed by atoms with Gasteiger partial charge in [-0.25, -0.2) is 18.2 Å². The number of nitrogens with zero attached hydrogens (tertiary/aromatic N) is 1. The lowest BCUT2D eigenvalue weighted by Crippen LogP contribution is -2.21. The molecule has 2 rings (SSSR count). The van der Waals surface area contributed by atoms with Gasteiger partial charge in [0.05, 0.1) is 25.5 Å². The average molecular weight is 409 g/mol. The molecule has 0 aliphatic rings. The van der Waals surface area contributed by atoms with Gasteiger partial charge in [0.2, 0.25) is 0 Å². The summed E-state index contributed by atoms with van der Waals surface area (Å²) in [6, 6.07) is 7.50. The number of hydrogen-bond acceptors (Lipinski definition) is 8. The maximum atomic E-state index is 12.0. The topological polar surface area (TPSA) is 101 Å². The lowest BCUT2D eigenvalue weighted by molar-refractivity contribution is 0.0597. The van der Waals surface area contributed by atoms with Crippen molar-refractivity contribution in [3.63, 3.8) is 0 Å². The number of methoxy groups -OCH3 is 2. The summed E-state index contributed by atoms with van der Waals surface area (Å²) in [6.07, 6.45) is 2.88. The molecular formula is C19H23NO7S. The highest BCUT2D eigenvalue weighted by atomic mass is 32.2. The summed E-state index contributed by atoms with van der Waals surface area (Å²) >= 11 is 0. The van der Waals surface area contributed by atoms with Gasteiger partial charge in [0, 0.05) is 19.4 Å². The number of esters is 1. The Kier molecular flexibility index (Phi) is 7.36. The number of ether oxygens (including phenoxy) is 4. The normalized spacial score (nSPS) is 12.3. The van der Waals surface area contributed by atoms with Crippen molar-refractivity contribution in [1.29, 1.82) is 0 Å². The summed E-state index contributed by atoms with van der Waals surface area (Å²) < 4.78 is 44.5. The fourth-order valence-corrected chi connectivity index (χ4v) is 2.89. The van der Waals surface area contributed by atoms with E-state index >= 15 is 0 Å². The fourth-order valence-electron chi connectivity index (χ4n) is 2.33. The van der Waals surface area contributed by atoms with Gasteiger partial charge >= 0.3 is 5.97 Å². The van der Waals surface area contributed by atoms with Crippen molar-refractivity contribution in [1.82, 2.24) is 4.98 Å². The third-order valence-corrected chi connectivity index (χ3v) is 4.74. The van der Waals surface area contributed by atoms with Crippen LogP contribution in [0.5, 0.6) is 17.2 Å². The highest BCUT2D eigenvalue weighted by molar-refractivity contribution is 7.90. The van der Waals surface area contributed by atoms with Crippen LogP contribution in [0, 0.1) is 0 Å². The zero-order valence-corrected chi connectivity index (χ0v) is 17.0. The molecule has 0 aliphatic carbocycles. The number of carbonyl (C=O) groups excluding carboxylic acids is 1. The van der Waals surface area contributed by atoms with Gasteiger partial charge in [-0.2, -0.15) is 0 Å². The molecular weight excluding hydrogens is 386 g/mol. The highest BCUT2D eigenvalue weighted by Gasteiger charge is 2.15. The van der Waals surface area contributed by atoms with E-state index in [1.165, 1.54) is 31.5 Å². The summed E-state index contributed by atoms with van der Waals surface area (Å²) in [5, 5.41) is -0.0578. The standard InChI is InChI=1S/C19H23NO7S/c1-5-14(12-24-2)26-16-8-13(19(21)25-3)9-17(10-16)27-15-6-7-18(20-11-15)28(4,22)23/h6-11,14H,5,12H2,1-4H3/t14-/m0/s1. The van der Waals surface area contributed by atoms with E-state index in [0.717, 1.165) is 6.26 Å². The van der Waals surface area contributed by atoms with E-state index in [2.05, 4.69) is 4.98 Å². The van der Waals surface area contributed by atoms with Crippen LogP contribution >= 0.6 is 0 Å². The van der Waals surface area contributed by atoms with Gasteiger partial charge in [-0.05, 0) is 30.7 Å². The second-order valence-corrected chi connectivity index (χ2v) is 7.96. The van der Waals surface area contributed by atoms with Crippen molar-refractivity contribution in [2.45, 2.75) is 24.5 Å². The number of benzene rings is 1. The second kappa shape index (κ2) is 9.52. The molecule has 0 bridgehead atoms. The summed E-state index contributed by atoms with van der Waals surface area (Å²) in [6.45, 7) is 2.35. The smallest absolute Gasteiger partial charge is 0.338 e. The van der Waals surface area contributed by atoms with Gasteiger partial charge in [-0.15, -0.1) is 0 Å². The first-order valence-corrected chi connectivity index (χ1v) is 10.4. The average Bonchev–Trinajstić information content (AvgIpc) is 2.66. The van der Waals surface area contributed by atoms with Crippen LogP contribution in [0.25, 0.3) is 0 Å². The molecule has 0 radical (unpaired) electrons. The predicted octanol–water partition coefficient (Wildman–Crippen LogP) is 2.87.